The van der Waals surface area contributed by atoms with E-state index in [4.69, 9.17) is 0 Å². The molecule has 0 spiro atoms. The highest BCUT2D eigenvalue weighted by atomic mass is 16.1. The molecule has 56 valence electrons. The Morgan fingerprint density at radius 2 is 2.20 bits per heavy atom. The molecular weight excluding hydrogens is 126 g/mol. The molecule has 2 saturated heterocycles. The second-order valence-corrected chi connectivity index (χ2v) is 3.61. The molecule has 0 aromatic rings. The van der Waals surface area contributed by atoms with E-state index in [9.17, 15) is 4.79 Å². The second kappa shape index (κ2) is 2.06. The minimum absolute atomic E-state index is 0.0816. The fourth-order valence-corrected chi connectivity index (χ4v) is 2.19. The van der Waals surface area contributed by atoms with Crippen LogP contribution in [0.15, 0.2) is 0 Å². The van der Waals surface area contributed by atoms with Crippen LogP contribution in [0.2, 0.25) is 0 Å². The molecule has 0 amide bonds. The van der Waals surface area contributed by atoms with Gasteiger partial charge in [0.15, 0.2) is 0 Å². The first-order valence-electron chi connectivity index (χ1n) is 4.03. The first-order chi connectivity index (χ1) is 4.85. The van der Waals surface area contributed by atoms with Crippen LogP contribution < -0.4 is 0 Å². The largest absolute Gasteiger partial charge is 0.303 e. The Kier molecular flexibility index (Phi) is 1.31. The van der Waals surface area contributed by atoms with Crippen molar-refractivity contribution < 1.29 is 4.79 Å². The van der Waals surface area contributed by atoms with Gasteiger partial charge in [-0.05, 0) is 32.4 Å². The number of aldehydes is 1. The van der Waals surface area contributed by atoms with Gasteiger partial charge in [-0.2, -0.15) is 0 Å². The van der Waals surface area contributed by atoms with Gasteiger partial charge in [0.25, 0.3) is 0 Å². The van der Waals surface area contributed by atoms with Crippen LogP contribution in [0.5, 0.6) is 0 Å². The molecule has 0 radical (unpaired) electrons. The van der Waals surface area contributed by atoms with Crippen LogP contribution in [0.4, 0.5) is 0 Å². The number of piperidine rings is 1. The summed E-state index contributed by atoms with van der Waals surface area (Å²) in [6.07, 6.45) is 4.65. The number of nitrogens with zero attached hydrogens (tertiary/aromatic N) is 1. The molecule has 2 fully saturated rings. The van der Waals surface area contributed by atoms with Gasteiger partial charge >= 0.3 is 0 Å². The van der Waals surface area contributed by atoms with Crippen molar-refractivity contribution in [1.29, 1.82) is 0 Å². The topological polar surface area (TPSA) is 20.3 Å². The summed E-state index contributed by atoms with van der Waals surface area (Å²) in [5.74, 6) is 0. The van der Waals surface area contributed by atoms with Crippen molar-refractivity contribution in [1.82, 2.24) is 4.90 Å². The van der Waals surface area contributed by atoms with Crippen LogP contribution in [0, 0.1) is 5.41 Å². The highest BCUT2D eigenvalue weighted by molar-refractivity contribution is 5.60. The lowest BCUT2D eigenvalue weighted by atomic mass is 9.83. The van der Waals surface area contributed by atoms with Crippen LogP contribution in [-0.4, -0.2) is 30.8 Å². The maximum Gasteiger partial charge on any atom is 0.127 e. The monoisotopic (exact) mass is 139 g/mol. The van der Waals surface area contributed by atoms with Crippen LogP contribution in [0.1, 0.15) is 19.3 Å². The zero-order valence-electron chi connectivity index (χ0n) is 6.18. The lowest BCUT2D eigenvalue weighted by Crippen LogP contribution is -2.34. The highest BCUT2D eigenvalue weighted by Gasteiger charge is 2.40. The number of carbonyl (C=O) groups excluding carboxylic acids is 1. The Morgan fingerprint density at radius 3 is 2.90 bits per heavy atom. The number of hydrogen-bond acceptors (Lipinski definition) is 2. The fraction of sp³-hybridized carbons (Fsp3) is 0.875. The molecule has 2 heteroatoms. The van der Waals surface area contributed by atoms with E-state index in [1.165, 1.54) is 19.3 Å². The molecular formula is C8H13NO. The Bertz CT molecular complexity index is 153. The molecule has 2 rings (SSSR count). The third-order valence-electron chi connectivity index (χ3n) is 2.86. The van der Waals surface area contributed by atoms with Crippen LogP contribution in [-0.2, 0) is 4.79 Å². The van der Waals surface area contributed by atoms with Crippen molar-refractivity contribution in [2.75, 3.05) is 19.6 Å². The summed E-state index contributed by atoms with van der Waals surface area (Å²) < 4.78 is 0. The minimum atomic E-state index is 0.0816. The molecule has 2 aliphatic heterocycles. The van der Waals surface area contributed by atoms with Crippen LogP contribution in [0.25, 0.3) is 0 Å². The molecule has 2 bridgehead atoms. The summed E-state index contributed by atoms with van der Waals surface area (Å²) in [7, 11) is 0. The van der Waals surface area contributed by atoms with Gasteiger partial charge in [0, 0.05) is 12.0 Å². The third kappa shape index (κ3) is 0.788. The zero-order chi connectivity index (χ0) is 7.03. The lowest BCUT2D eigenvalue weighted by molar-refractivity contribution is -0.116. The summed E-state index contributed by atoms with van der Waals surface area (Å²) in [6.45, 7) is 3.41. The first-order valence-corrected chi connectivity index (χ1v) is 4.03. The summed E-state index contributed by atoms with van der Waals surface area (Å²) in [5.41, 5.74) is 0.0816. The van der Waals surface area contributed by atoms with Crippen molar-refractivity contribution >= 4 is 6.29 Å². The van der Waals surface area contributed by atoms with E-state index < -0.39 is 0 Å². The van der Waals surface area contributed by atoms with E-state index >= 15 is 0 Å². The highest BCUT2D eigenvalue weighted by Crippen LogP contribution is 2.36. The van der Waals surface area contributed by atoms with E-state index in [1.807, 2.05) is 0 Å². The van der Waals surface area contributed by atoms with E-state index in [0.717, 1.165) is 25.9 Å². The Morgan fingerprint density at radius 1 is 1.30 bits per heavy atom. The van der Waals surface area contributed by atoms with Gasteiger partial charge in [-0.3, -0.25) is 0 Å². The number of rotatable bonds is 1. The van der Waals surface area contributed by atoms with E-state index in [1.54, 1.807) is 0 Å². The molecule has 2 unspecified atom stereocenters. The van der Waals surface area contributed by atoms with Gasteiger partial charge in [0.2, 0.25) is 0 Å². The predicted molar refractivity (Wildman–Crippen MR) is 38.8 cm³/mol. The molecule has 10 heavy (non-hydrogen) atoms. The van der Waals surface area contributed by atoms with Crippen molar-refractivity contribution in [2.24, 2.45) is 5.41 Å². The number of carbonyl (C=O) groups is 1. The maximum absolute atomic E-state index is 10.7. The molecule has 0 saturated carbocycles. The summed E-state index contributed by atoms with van der Waals surface area (Å²) in [4.78, 5) is 13.1. The summed E-state index contributed by atoms with van der Waals surface area (Å²) in [6, 6.07) is 0. The second-order valence-electron chi connectivity index (χ2n) is 3.61. The van der Waals surface area contributed by atoms with Gasteiger partial charge in [0.05, 0.1) is 0 Å². The SMILES string of the molecule is O=CC12CCCN(CC1)C2. The Labute approximate surface area is 61.2 Å². The van der Waals surface area contributed by atoms with Crippen molar-refractivity contribution in [3.8, 4) is 0 Å². The smallest absolute Gasteiger partial charge is 0.127 e. The van der Waals surface area contributed by atoms with Crippen molar-refractivity contribution in [3.63, 3.8) is 0 Å². The van der Waals surface area contributed by atoms with Gasteiger partial charge < -0.3 is 9.69 Å². The Balaban J connectivity index is 2.16. The van der Waals surface area contributed by atoms with Gasteiger partial charge in [0.1, 0.15) is 6.29 Å². The fourth-order valence-electron chi connectivity index (χ4n) is 2.19. The quantitative estimate of drug-likeness (QED) is 0.498. The van der Waals surface area contributed by atoms with E-state index in [-0.39, 0.29) is 5.41 Å². The molecule has 0 N–H and O–H groups in total. The van der Waals surface area contributed by atoms with Gasteiger partial charge in [-0.15, -0.1) is 0 Å². The molecule has 0 aromatic heterocycles. The molecule has 0 aromatic carbocycles. The normalized spacial score (nSPS) is 45.4. The zero-order valence-corrected chi connectivity index (χ0v) is 6.18. The molecule has 2 aliphatic rings. The van der Waals surface area contributed by atoms with Gasteiger partial charge in [-0.1, -0.05) is 0 Å². The average Bonchev–Trinajstić information content (AvgIpc) is 2.29. The van der Waals surface area contributed by atoms with E-state index in [0.29, 0.717) is 0 Å². The number of fused-ring (bicyclic) bond motifs is 2. The van der Waals surface area contributed by atoms with Gasteiger partial charge in [-0.25, -0.2) is 0 Å². The lowest BCUT2D eigenvalue weighted by Gasteiger charge is -2.28. The molecule has 2 heterocycles. The van der Waals surface area contributed by atoms with Crippen LogP contribution >= 0.6 is 0 Å². The summed E-state index contributed by atoms with van der Waals surface area (Å²) in [5, 5.41) is 0. The standard InChI is InChI=1S/C8H13NO/c10-7-8-2-1-4-9(6-8)5-3-8/h7H,1-6H2. The van der Waals surface area contributed by atoms with Crippen molar-refractivity contribution in [2.45, 2.75) is 19.3 Å². The summed E-state index contributed by atoms with van der Waals surface area (Å²) >= 11 is 0. The molecule has 0 aliphatic carbocycles. The molecule has 2 atom stereocenters. The van der Waals surface area contributed by atoms with E-state index in [2.05, 4.69) is 4.90 Å². The average molecular weight is 139 g/mol. The maximum atomic E-state index is 10.7. The first kappa shape index (κ1) is 6.35. The Hall–Kier alpha value is -0.370. The molecule has 2 nitrogen and oxygen atoms in total. The minimum Gasteiger partial charge on any atom is -0.303 e. The van der Waals surface area contributed by atoms with Crippen molar-refractivity contribution in [3.05, 3.63) is 0 Å². The number of hydrogen-bond donors (Lipinski definition) is 0. The third-order valence-corrected chi connectivity index (χ3v) is 2.86. The van der Waals surface area contributed by atoms with Crippen LogP contribution in [0.3, 0.4) is 0 Å². The predicted octanol–water partition coefficient (Wildman–Crippen LogP) is 0.671.